The Kier molecular flexibility index (Phi) is 3.22. The molecule has 0 aliphatic rings. The quantitative estimate of drug-likeness (QED) is 0.628. The molecule has 4 heteroatoms. The van der Waals surface area contributed by atoms with Crippen LogP contribution in [0.5, 0.6) is 5.75 Å². The molecule has 0 fully saturated rings. The van der Waals surface area contributed by atoms with Crippen LogP contribution in [0.1, 0.15) is 0 Å². The lowest BCUT2D eigenvalue weighted by molar-refractivity contribution is 0.147. The largest absolute Gasteiger partial charge is 0.489 e. The lowest BCUT2D eigenvalue weighted by Gasteiger charge is -2.09. The van der Waals surface area contributed by atoms with Crippen LogP contribution in [-0.4, -0.2) is 25.3 Å². The zero-order chi connectivity index (χ0) is 11.4. The van der Waals surface area contributed by atoms with E-state index in [0.717, 1.165) is 16.7 Å². The van der Waals surface area contributed by atoms with Gasteiger partial charge in [0.05, 0.1) is 6.61 Å². The molecule has 4 nitrogen and oxygen atoms in total. The lowest BCUT2D eigenvalue weighted by atomic mass is 10.2. The number of pyridine rings is 1. The second-order valence-corrected chi connectivity index (χ2v) is 3.39. The van der Waals surface area contributed by atoms with Crippen molar-refractivity contribution in [2.24, 2.45) is 0 Å². The summed E-state index contributed by atoms with van der Waals surface area (Å²) in [6, 6.07) is 7.45. The maximum absolute atomic E-state index is 5.86. The SMILES string of the molecule is COCCOc1ccc(N)c2cccnc12. The van der Waals surface area contributed by atoms with Crippen LogP contribution in [0.2, 0.25) is 0 Å². The first kappa shape index (κ1) is 10.7. The summed E-state index contributed by atoms with van der Waals surface area (Å²) in [5.74, 6) is 0.738. The summed E-state index contributed by atoms with van der Waals surface area (Å²) in [6.45, 7) is 1.06. The van der Waals surface area contributed by atoms with Crippen LogP contribution in [0.15, 0.2) is 30.5 Å². The van der Waals surface area contributed by atoms with E-state index < -0.39 is 0 Å². The van der Waals surface area contributed by atoms with Gasteiger partial charge in [0.1, 0.15) is 17.9 Å². The van der Waals surface area contributed by atoms with Crippen molar-refractivity contribution in [1.82, 2.24) is 4.98 Å². The highest BCUT2D eigenvalue weighted by Crippen LogP contribution is 2.27. The fraction of sp³-hybridized carbons (Fsp3) is 0.250. The molecule has 0 atom stereocenters. The molecule has 2 rings (SSSR count). The molecule has 0 aliphatic carbocycles. The molecule has 0 amide bonds. The second kappa shape index (κ2) is 4.81. The van der Waals surface area contributed by atoms with Gasteiger partial charge in [-0.25, -0.2) is 0 Å². The van der Waals surface area contributed by atoms with Gasteiger partial charge in [-0.1, -0.05) is 0 Å². The summed E-state index contributed by atoms with van der Waals surface area (Å²) in [5, 5.41) is 0.914. The van der Waals surface area contributed by atoms with Crippen LogP contribution in [0.4, 0.5) is 5.69 Å². The number of ether oxygens (including phenoxy) is 2. The molecule has 0 bridgehead atoms. The van der Waals surface area contributed by atoms with Gasteiger partial charge in [-0.15, -0.1) is 0 Å². The molecule has 84 valence electrons. The molecule has 2 N–H and O–H groups in total. The van der Waals surface area contributed by atoms with Crippen molar-refractivity contribution >= 4 is 16.6 Å². The minimum absolute atomic E-state index is 0.506. The highest BCUT2D eigenvalue weighted by Gasteiger charge is 2.05. The molecule has 1 heterocycles. The summed E-state index contributed by atoms with van der Waals surface area (Å²) >= 11 is 0. The van der Waals surface area contributed by atoms with Gasteiger partial charge in [0.25, 0.3) is 0 Å². The molecular weight excluding hydrogens is 204 g/mol. The van der Waals surface area contributed by atoms with Crippen LogP contribution in [0, 0.1) is 0 Å². The van der Waals surface area contributed by atoms with Crippen LogP contribution in [0.3, 0.4) is 0 Å². The summed E-state index contributed by atoms with van der Waals surface area (Å²) in [7, 11) is 1.64. The van der Waals surface area contributed by atoms with E-state index in [4.69, 9.17) is 15.2 Å². The molecule has 1 aromatic carbocycles. The van der Waals surface area contributed by atoms with Gasteiger partial charge in [0, 0.05) is 24.4 Å². The van der Waals surface area contributed by atoms with E-state index in [2.05, 4.69) is 4.98 Å². The van der Waals surface area contributed by atoms with Gasteiger partial charge in [-0.2, -0.15) is 0 Å². The maximum atomic E-state index is 5.86. The molecular formula is C12H14N2O2. The Balaban J connectivity index is 2.35. The first-order valence-corrected chi connectivity index (χ1v) is 5.08. The van der Waals surface area contributed by atoms with Gasteiger partial charge in [-0.05, 0) is 24.3 Å². The molecule has 0 aliphatic heterocycles. The molecule has 0 saturated carbocycles. The van der Waals surface area contributed by atoms with Crippen molar-refractivity contribution in [1.29, 1.82) is 0 Å². The fourth-order valence-electron chi connectivity index (χ4n) is 1.52. The predicted molar refractivity (Wildman–Crippen MR) is 63.5 cm³/mol. The number of anilines is 1. The summed E-state index contributed by atoms with van der Waals surface area (Å²) in [4.78, 5) is 4.27. The minimum Gasteiger partial charge on any atom is -0.489 e. The standard InChI is InChI=1S/C12H14N2O2/c1-15-7-8-16-11-5-4-10(13)9-3-2-6-14-12(9)11/h2-6H,7-8,13H2,1H3. The number of nitrogens with zero attached hydrogens (tertiary/aromatic N) is 1. The topological polar surface area (TPSA) is 57.4 Å². The van der Waals surface area contributed by atoms with E-state index in [1.165, 1.54) is 0 Å². The Labute approximate surface area is 94.0 Å². The summed E-state index contributed by atoms with van der Waals surface area (Å²) in [6.07, 6.45) is 1.73. The number of nitrogens with two attached hydrogens (primary N) is 1. The van der Waals surface area contributed by atoms with Crippen molar-refractivity contribution < 1.29 is 9.47 Å². The van der Waals surface area contributed by atoms with Crippen molar-refractivity contribution in [2.75, 3.05) is 26.1 Å². The number of nitrogen functional groups attached to an aromatic ring is 1. The number of benzene rings is 1. The first-order valence-electron chi connectivity index (χ1n) is 5.08. The van der Waals surface area contributed by atoms with Gasteiger partial charge < -0.3 is 15.2 Å². The van der Waals surface area contributed by atoms with Gasteiger partial charge >= 0.3 is 0 Å². The second-order valence-electron chi connectivity index (χ2n) is 3.39. The van der Waals surface area contributed by atoms with Crippen molar-refractivity contribution in [3.8, 4) is 5.75 Å². The fourth-order valence-corrected chi connectivity index (χ4v) is 1.52. The van der Waals surface area contributed by atoms with E-state index in [-0.39, 0.29) is 0 Å². The normalized spacial score (nSPS) is 10.6. The molecule has 0 spiro atoms. The zero-order valence-electron chi connectivity index (χ0n) is 9.14. The Hall–Kier alpha value is -1.81. The average molecular weight is 218 g/mol. The minimum atomic E-state index is 0.506. The number of rotatable bonds is 4. The van der Waals surface area contributed by atoms with Gasteiger partial charge in [0.15, 0.2) is 0 Å². The molecule has 2 aromatic rings. The number of hydrogen-bond acceptors (Lipinski definition) is 4. The van der Waals surface area contributed by atoms with Crippen LogP contribution in [-0.2, 0) is 4.74 Å². The van der Waals surface area contributed by atoms with E-state index in [1.54, 1.807) is 13.3 Å². The summed E-state index contributed by atoms with van der Waals surface area (Å²) < 4.78 is 10.5. The van der Waals surface area contributed by atoms with E-state index in [1.807, 2.05) is 24.3 Å². The first-order chi connectivity index (χ1) is 7.83. The van der Waals surface area contributed by atoms with Crippen LogP contribution < -0.4 is 10.5 Å². The third-order valence-corrected chi connectivity index (χ3v) is 2.31. The van der Waals surface area contributed by atoms with E-state index in [9.17, 15) is 0 Å². The van der Waals surface area contributed by atoms with Gasteiger partial charge in [-0.3, -0.25) is 4.98 Å². The van der Waals surface area contributed by atoms with Crippen molar-refractivity contribution in [3.05, 3.63) is 30.5 Å². The average Bonchev–Trinajstić information content (AvgIpc) is 2.33. The van der Waals surface area contributed by atoms with Crippen molar-refractivity contribution in [3.63, 3.8) is 0 Å². The molecule has 1 aromatic heterocycles. The third kappa shape index (κ3) is 2.06. The third-order valence-electron chi connectivity index (χ3n) is 2.31. The number of methoxy groups -OCH3 is 1. The lowest BCUT2D eigenvalue weighted by Crippen LogP contribution is -2.05. The van der Waals surface area contributed by atoms with Crippen LogP contribution >= 0.6 is 0 Å². The van der Waals surface area contributed by atoms with Crippen LogP contribution in [0.25, 0.3) is 10.9 Å². The summed E-state index contributed by atoms with van der Waals surface area (Å²) in [5.41, 5.74) is 7.36. The van der Waals surface area contributed by atoms with E-state index >= 15 is 0 Å². The number of fused-ring (bicyclic) bond motifs is 1. The Morgan fingerprint density at radius 3 is 2.94 bits per heavy atom. The van der Waals surface area contributed by atoms with E-state index in [0.29, 0.717) is 18.9 Å². The zero-order valence-corrected chi connectivity index (χ0v) is 9.14. The Bertz CT molecular complexity index is 485. The highest BCUT2D eigenvalue weighted by molar-refractivity contribution is 5.94. The highest BCUT2D eigenvalue weighted by atomic mass is 16.5. The predicted octanol–water partition coefficient (Wildman–Crippen LogP) is 1.84. The smallest absolute Gasteiger partial charge is 0.145 e. The molecule has 0 unspecified atom stereocenters. The number of hydrogen-bond donors (Lipinski definition) is 1. The molecule has 0 radical (unpaired) electrons. The molecule has 16 heavy (non-hydrogen) atoms. The monoisotopic (exact) mass is 218 g/mol. The van der Waals surface area contributed by atoms with Gasteiger partial charge in [0.2, 0.25) is 0 Å². The molecule has 0 saturated heterocycles. The Morgan fingerprint density at radius 2 is 2.12 bits per heavy atom. The maximum Gasteiger partial charge on any atom is 0.145 e. The van der Waals surface area contributed by atoms with Crippen molar-refractivity contribution in [2.45, 2.75) is 0 Å². The number of aromatic nitrogens is 1. The Morgan fingerprint density at radius 1 is 1.25 bits per heavy atom.